The van der Waals surface area contributed by atoms with Crippen LogP contribution in [0.3, 0.4) is 0 Å². The molecule has 1 heterocycles. The van der Waals surface area contributed by atoms with Gasteiger partial charge < -0.3 is 4.57 Å². The summed E-state index contributed by atoms with van der Waals surface area (Å²) in [6.45, 7) is 3.93. The number of aromatic nitrogens is 1. The van der Waals surface area contributed by atoms with E-state index in [4.69, 9.17) is 0 Å². The quantitative estimate of drug-likeness (QED) is 0.153. The van der Waals surface area contributed by atoms with Crippen molar-refractivity contribution in [1.29, 1.82) is 5.26 Å². The Balaban J connectivity index is 1.60. The lowest BCUT2D eigenvalue weighted by Gasteiger charge is -2.11. The summed E-state index contributed by atoms with van der Waals surface area (Å²) in [7, 11) is 0. The molecule has 0 aliphatic heterocycles. The summed E-state index contributed by atoms with van der Waals surface area (Å²) in [6, 6.07) is 24.6. The highest BCUT2D eigenvalue weighted by molar-refractivity contribution is 7.99. The summed E-state index contributed by atoms with van der Waals surface area (Å²) in [5.74, 6) is 0. The van der Waals surface area contributed by atoms with E-state index in [2.05, 4.69) is 10.6 Å². The molecule has 0 atom stereocenters. The monoisotopic (exact) mass is 496 g/mol. The Hall–Kier alpha value is -4.68. The third kappa shape index (κ3) is 5.19. The van der Waals surface area contributed by atoms with Gasteiger partial charge in [-0.15, -0.1) is 0 Å². The molecule has 0 N–H and O–H groups in total. The van der Waals surface area contributed by atoms with Crippen LogP contribution < -0.4 is 0 Å². The molecule has 0 aliphatic rings. The van der Waals surface area contributed by atoms with Gasteiger partial charge >= 0.3 is 0 Å². The van der Waals surface area contributed by atoms with Gasteiger partial charge in [0.05, 0.1) is 21.5 Å². The van der Waals surface area contributed by atoms with Crippen LogP contribution in [0.1, 0.15) is 22.5 Å². The maximum absolute atomic E-state index is 11.1. The van der Waals surface area contributed by atoms with Gasteiger partial charge in [0.1, 0.15) is 0 Å². The fourth-order valence-corrected chi connectivity index (χ4v) is 4.71. The number of nitro benzene ring substituents is 2. The fourth-order valence-electron chi connectivity index (χ4n) is 3.89. The smallest absolute Gasteiger partial charge is 0.270 e. The van der Waals surface area contributed by atoms with E-state index < -0.39 is 9.85 Å². The zero-order valence-corrected chi connectivity index (χ0v) is 20.2. The van der Waals surface area contributed by atoms with Crippen molar-refractivity contribution >= 4 is 34.8 Å². The molecule has 8 nitrogen and oxygen atoms in total. The van der Waals surface area contributed by atoms with Crippen molar-refractivity contribution < 1.29 is 9.85 Å². The molecule has 0 fully saturated rings. The van der Waals surface area contributed by atoms with E-state index in [1.165, 1.54) is 36.0 Å². The van der Waals surface area contributed by atoms with Crippen molar-refractivity contribution in [2.24, 2.45) is 0 Å². The van der Waals surface area contributed by atoms with Crippen LogP contribution in [0.4, 0.5) is 11.4 Å². The van der Waals surface area contributed by atoms with Crippen LogP contribution in [0.2, 0.25) is 0 Å². The highest BCUT2D eigenvalue weighted by Gasteiger charge is 2.13. The number of non-ortho nitro benzene ring substituents is 2. The predicted octanol–water partition coefficient (Wildman–Crippen LogP) is 7.13. The standard InChI is InChI=1S/C27H20N4O4S/c1-18-14-21(15-22(17-28)20-4-3-5-25(16-20)31(34)35)19(2)29(18)23-6-10-26(11-7-23)36-27-12-8-24(9-13-27)30(32)33/h3-16H,1-2H3/b22-15-. The van der Waals surface area contributed by atoms with E-state index in [0.717, 1.165) is 32.4 Å². The van der Waals surface area contributed by atoms with Gasteiger partial charge in [-0.2, -0.15) is 5.26 Å². The van der Waals surface area contributed by atoms with E-state index in [9.17, 15) is 25.5 Å². The molecule has 0 spiro atoms. The first-order chi connectivity index (χ1) is 17.3. The van der Waals surface area contributed by atoms with Crippen LogP contribution in [0.25, 0.3) is 17.3 Å². The number of nitrogens with zero attached hydrogens (tertiary/aromatic N) is 4. The van der Waals surface area contributed by atoms with Crippen LogP contribution in [0, 0.1) is 45.4 Å². The predicted molar refractivity (Wildman–Crippen MR) is 139 cm³/mol. The number of aryl methyl sites for hydroxylation is 1. The number of hydrogen-bond donors (Lipinski definition) is 0. The van der Waals surface area contributed by atoms with Gasteiger partial charge in [-0.1, -0.05) is 23.9 Å². The molecule has 0 aliphatic carbocycles. The molecule has 9 heteroatoms. The topological polar surface area (TPSA) is 115 Å². The Morgan fingerprint density at radius 3 is 2.08 bits per heavy atom. The van der Waals surface area contributed by atoms with Gasteiger partial charge in [-0.05, 0) is 73.5 Å². The number of nitriles is 1. The van der Waals surface area contributed by atoms with Crippen molar-refractivity contribution in [2.45, 2.75) is 23.6 Å². The lowest BCUT2D eigenvalue weighted by Crippen LogP contribution is -1.99. The van der Waals surface area contributed by atoms with E-state index in [0.29, 0.717) is 11.1 Å². The fraction of sp³-hybridized carbons (Fsp3) is 0.0741. The van der Waals surface area contributed by atoms with Crippen LogP contribution >= 0.6 is 11.8 Å². The van der Waals surface area contributed by atoms with Crippen LogP contribution in [-0.2, 0) is 0 Å². The molecule has 0 unspecified atom stereocenters. The van der Waals surface area contributed by atoms with Crippen molar-refractivity contribution in [3.63, 3.8) is 0 Å². The average molecular weight is 497 g/mol. The second-order valence-electron chi connectivity index (χ2n) is 7.99. The number of benzene rings is 3. The normalized spacial score (nSPS) is 11.2. The van der Waals surface area contributed by atoms with E-state index in [1.807, 2.05) is 44.2 Å². The van der Waals surface area contributed by atoms with E-state index in [1.54, 1.807) is 30.3 Å². The summed E-state index contributed by atoms with van der Waals surface area (Å²) in [5.41, 5.74) is 4.53. The van der Waals surface area contributed by atoms with Crippen molar-refractivity contribution in [2.75, 3.05) is 0 Å². The first-order valence-electron chi connectivity index (χ1n) is 10.8. The maximum atomic E-state index is 11.1. The van der Waals surface area contributed by atoms with Gasteiger partial charge in [0.2, 0.25) is 0 Å². The average Bonchev–Trinajstić information content (AvgIpc) is 3.15. The summed E-state index contributed by atoms with van der Waals surface area (Å²) in [4.78, 5) is 23.0. The minimum Gasteiger partial charge on any atom is -0.318 e. The van der Waals surface area contributed by atoms with Gasteiger partial charge in [0, 0.05) is 51.1 Å². The molecular formula is C27H20N4O4S. The molecule has 178 valence electrons. The molecule has 4 aromatic rings. The third-order valence-electron chi connectivity index (χ3n) is 5.64. The molecule has 0 saturated heterocycles. The first-order valence-corrected chi connectivity index (χ1v) is 11.7. The minimum absolute atomic E-state index is 0.0585. The first kappa shape index (κ1) is 24.4. The molecule has 0 amide bonds. The van der Waals surface area contributed by atoms with E-state index in [-0.39, 0.29) is 11.4 Å². The number of allylic oxidation sites excluding steroid dienone is 1. The second kappa shape index (κ2) is 10.3. The highest BCUT2D eigenvalue weighted by atomic mass is 32.2. The van der Waals surface area contributed by atoms with Crippen LogP contribution in [0.5, 0.6) is 0 Å². The summed E-state index contributed by atoms with van der Waals surface area (Å²) < 4.78 is 2.08. The van der Waals surface area contributed by atoms with E-state index >= 15 is 0 Å². The highest BCUT2D eigenvalue weighted by Crippen LogP contribution is 2.31. The van der Waals surface area contributed by atoms with Gasteiger partial charge in [0.15, 0.2) is 0 Å². The lowest BCUT2D eigenvalue weighted by molar-refractivity contribution is -0.385. The lowest BCUT2D eigenvalue weighted by atomic mass is 10.0. The molecule has 1 aromatic heterocycles. The number of hydrogen-bond acceptors (Lipinski definition) is 6. The van der Waals surface area contributed by atoms with Gasteiger partial charge in [-0.25, -0.2) is 0 Å². The molecule has 4 rings (SSSR count). The van der Waals surface area contributed by atoms with Crippen LogP contribution in [-0.4, -0.2) is 14.4 Å². The Morgan fingerprint density at radius 2 is 1.50 bits per heavy atom. The van der Waals surface area contributed by atoms with Crippen LogP contribution in [0.15, 0.2) is 88.7 Å². The molecule has 0 radical (unpaired) electrons. The molecule has 36 heavy (non-hydrogen) atoms. The maximum Gasteiger partial charge on any atom is 0.270 e. The molecular weight excluding hydrogens is 476 g/mol. The minimum atomic E-state index is -0.478. The number of rotatable bonds is 7. The second-order valence-corrected chi connectivity index (χ2v) is 9.13. The van der Waals surface area contributed by atoms with Crippen molar-refractivity contribution in [3.8, 4) is 11.8 Å². The summed E-state index contributed by atoms with van der Waals surface area (Å²) in [6.07, 6.45) is 1.75. The molecule has 0 saturated carbocycles. The van der Waals surface area contributed by atoms with Gasteiger partial charge in [0.25, 0.3) is 11.4 Å². The largest absolute Gasteiger partial charge is 0.318 e. The Bertz CT molecular complexity index is 1530. The van der Waals surface area contributed by atoms with Crippen molar-refractivity contribution in [1.82, 2.24) is 4.57 Å². The zero-order chi connectivity index (χ0) is 25.8. The molecule has 3 aromatic carbocycles. The Kier molecular flexibility index (Phi) is 6.99. The number of nitro groups is 2. The third-order valence-corrected chi connectivity index (χ3v) is 6.65. The molecule has 0 bridgehead atoms. The Morgan fingerprint density at radius 1 is 0.889 bits per heavy atom. The summed E-state index contributed by atoms with van der Waals surface area (Å²) >= 11 is 1.51. The summed E-state index contributed by atoms with van der Waals surface area (Å²) in [5, 5.41) is 31.7. The van der Waals surface area contributed by atoms with Gasteiger partial charge in [-0.3, -0.25) is 20.2 Å². The Labute approximate surface area is 211 Å². The SMILES string of the molecule is Cc1cc(/C=C(/C#N)c2cccc([N+](=O)[O-])c2)c(C)n1-c1ccc(Sc2ccc([N+](=O)[O-])cc2)cc1. The zero-order valence-electron chi connectivity index (χ0n) is 19.4. The van der Waals surface area contributed by atoms with Crippen molar-refractivity contribution in [3.05, 3.63) is 122 Å².